The number of aryl methyl sites for hydroxylation is 2. The molecule has 2 aliphatic rings. The molecule has 1 aromatic carbocycles. The Hall–Kier alpha value is -2.19. The lowest BCUT2D eigenvalue weighted by atomic mass is 9.91. The molecule has 2 heterocycles. The molecule has 0 unspecified atom stereocenters. The van der Waals surface area contributed by atoms with Gasteiger partial charge in [0, 0.05) is 10.9 Å². The van der Waals surface area contributed by atoms with E-state index in [4.69, 9.17) is 4.74 Å². The topological polar surface area (TPSA) is 89.5 Å². The number of rotatable bonds is 4. The maximum absolute atomic E-state index is 12.5. The minimum absolute atomic E-state index is 0.0591. The Morgan fingerprint density at radius 2 is 1.96 bits per heavy atom. The first-order chi connectivity index (χ1) is 13.3. The molecule has 1 aliphatic heterocycles. The van der Waals surface area contributed by atoms with Crippen molar-refractivity contribution in [1.82, 2.24) is 5.32 Å². The molecule has 1 amide bonds. The number of hydrogen-bond acceptors (Lipinski definition) is 6. The van der Waals surface area contributed by atoms with Crippen LogP contribution >= 0.6 is 11.3 Å². The first kappa shape index (κ1) is 19.1. The standard InChI is InChI=1S/C20H21NO5S2/c1-12(19(22)21-15-8-9-28(24,25)11-15)26-20(23)17-10-14-7-6-13-4-2-3-5-16(13)18(14)27-17/h2-5,10,12,15H,6-9,11H2,1H3,(H,21,22)/t12-,15-/m0/s1. The Kier molecular flexibility index (Phi) is 5.01. The molecule has 1 aliphatic carbocycles. The van der Waals surface area contributed by atoms with E-state index in [1.165, 1.54) is 23.8 Å². The second-order valence-corrected chi connectivity index (χ2v) is 10.6. The average molecular weight is 420 g/mol. The number of ether oxygens (including phenoxy) is 1. The van der Waals surface area contributed by atoms with Crippen LogP contribution in [0.15, 0.2) is 30.3 Å². The summed E-state index contributed by atoms with van der Waals surface area (Å²) in [6, 6.07) is 9.61. The van der Waals surface area contributed by atoms with E-state index < -0.39 is 33.9 Å². The maximum Gasteiger partial charge on any atom is 0.349 e. The predicted molar refractivity (Wildman–Crippen MR) is 107 cm³/mol. The highest BCUT2D eigenvalue weighted by atomic mass is 32.2. The molecule has 1 aromatic heterocycles. The van der Waals surface area contributed by atoms with E-state index in [1.807, 2.05) is 18.2 Å². The summed E-state index contributed by atoms with van der Waals surface area (Å²) >= 11 is 1.39. The summed E-state index contributed by atoms with van der Waals surface area (Å²) in [6.45, 7) is 1.50. The van der Waals surface area contributed by atoms with Gasteiger partial charge >= 0.3 is 5.97 Å². The number of thiophene rings is 1. The van der Waals surface area contributed by atoms with Gasteiger partial charge in [0.2, 0.25) is 0 Å². The third kappa shape index (κ3) is 3.84. The largest absolute Gasteiger partial charge is 0.448 e. The molecular formula is C20H21NO5S2. The molecule has 1 N–H and O–H groups in total. The van der Waals surface area contributed by atoms with Gasteiger partial charge in [0.05, 0.1) is 11.5 Å². The van der Waals surface area contributed by atoms with Gasteiger partial charge in [0.1, 0.15) is 4.88 Å². The number of nitrogens with one attached hydrogen (secondary N) is 1. The van der Waals surface area contributed by atoms with Crippen LogP contribution < -0.4 is 5.32 Å². The van der Waals surface area contributed by atoms with Gasteiger partial charge < -0.3 is 10.1 Å². The number of sulfone groups is 1. The molecule has 148 valence electrons. The number of benzene rings is 1. The second-order valence-electron chi connectivity index (χ2n) is 7.28. The first-order valence-corrected chi connectivity index (χ1v) is 11.9. The lowest BCUT2D eigenvalue weighted by molar-refractivity contribution is -0.129. The maximum atomic E-state index is 12.5. The zero-order valence-electron chi connectivity index (χ0n) is 15.4. The van der Waals surface area contributed by atoms with Gasteiger partial charge in [-0.05, 0) is 48.9 Å². The second kappa shape index (κ2) is 7.33. The zero-order chi connectivity index (χ0) is 19.9. The summed E-state index contributed by atoms with van der Waals surface area (Å²) in [5.74, 6) is -0.981. The number of esters is 1. The van der Waals surface area contributed by atoms with Crippen molar-refractivity contribution in [3.63, 3.8) is 0 Å². The van der Waals surface area contributed by atoms with Crippen molar-refractivity contribution in [1.29, 1.82) is 0 Å². The van der Waals surface area contributed by atoms with Crippen molar-refractivity contribution in [2.24, 2.45) is 0 Å². The highest BCUT2D eigenvalue weighted by Crippen LogP contribution is 2.39. The summed E-state index contributed by atoms with van der Waals surface area (Å²) in [5, 5.41) is 2.66. The van der Waals surface area contributed by atoms with E-state index in [0.717, 1.165) is 28.8 Å². The quantitative estimate of drug-likeness (QED) is 0.769. The van der Waals surface area contributed by atoms with E-state index in [9.17, 15) is 18.0 Å². The Labute approximate surface area is 167 Å². The summed E-state index contributed by atoms with van der Waals surface area (Å²) < 4.78 is 28.3. The number of amides is 1. The van der Waals surface area contributed by atoms with Gasteiger partial charge in [0.15, 0.2) is 15.9 Å². The molecule has 4 rings (SSSR count). The van der Waals surface area contributed by atoms with E-state index >= 15 is 0 Å². The molecular weight excluding hydrogens is 398 g/mol. The van der Waals surface area contributed by atoms with Crippen molar-refractivity contribution in [3.05, 3.63) is 46.3 Å². The molecule has 6 nitrogen and oxygen atoms in total. The van der Waals surface area contributed by atoms with Crippen LogP contribution in [0, 0.1) is 0 Å². The van der Waals surface area contributed by atoms with Gasteiger partial charge in [-0.2, -0.15) is 0 Å². The van der Waals surface area contributed by atoms with Crippen LogP contribution in [0.5, 0.6) is 0 Å². The van der Waals surface area contributed by atoms with Crippen LogP contribution in [-0.4, -0.2) is 43.9 Å². The fourth-order valence-electron chi connectivity index (χ4n) is 3.67. The molecule has 0 saturated carbocycles. The molecule has 28 heavy (non-hydrogen) atoms. The first-order valence-electron chi connectivity index (χ1n) is 9.25. The molecule has 2 aromatic rings. The van der Waals surface area contributed by atoms with Gasteiger partial charge in [0.25, 0.3) is 5.91 Å². The number of fused-ring (bicyclic) bond motifs is 3. The number of carbonyl (C=O) groups is 2. The fraction of sp³-hybridized carbons (Fsp3) is 0.400. The third-order valence-electron chi connectivity index (χ3n) is 5.17. The van der Waals surface area contributed by atoms with E-state index in [2.05, 4.69) is 17.4 Å². The van der Waals surface area contributed by atoms with E-state index in [1.54, 1.807) is 0 Å². The normalized spacial score (nSPS) is 20.7. The van der Waals surface area contributed by atoms with Gasteiger partial charge in [-0.25, -0.2) is 13.2 Å². The number of carbonyl (C=O) groups excluding carboxylic acids is 2. The highest BCUT2D eigenvalue weighted by Gasteiger charge is 2.31. The Bertz CT molecular complexity index is 1040. The van der Waals surface area contributed by atoms with Gasteiger partial charge in [-0.3, -0.25) is 4.79 Å². The van der Waals surface area contributed by atoms with Crippen molar-refractivity contribution < 1.29 is 22.7 Å². The molecule has 0 radical (unpaired) electrons. The van der Waals surface area contributed by atoms with Crippen molar-refractivity contribution >= 4 is 33.1 Å². The van der Waals surface area contributed by atoms with Gasteiger partial charge in [-0.1, -0.05) is 24.3 Å². The third-order valence-corrected chi connectivity index (χ3v) is 8.13. The summed E-state index contributed by atoms with van der Waals surface area (Å²) in [7, 11) is -3.08. The lowest BCUT2D eigenvalue weighted by Crippen LogP contribution is -2.42. The molecule has 0 bridgehead atoms. The smallest absolute Gasteiger partial charge is 0.349 e. The van der Waals surface area contributed by atoms with Gasteiger partial charge in [-0.15, -0.1) is 11.3 Å². The minimum Gasteiger partial charge on any atom is -0.448 e. The summed E-state index contributed by atoms with van der Waals surface area (Å²) in [4.78, 5) is 26.4. The lowest BCUT2D eigenvalue weighted by Gasteiger charge is -2.16. The van der Waals surface area contributed by atoms with E-state index in [0.29, 0.717) is 11.3 Å². The van der Waals surface area contributed by atoms with Crippen molar-refractivity contribution in [3.8, 4) is 10.4 Å². The highest BCUT2D eigenvalue weighted by molar-refractivity contribution is 7.91. The molecule has 0 spiro atoms. The van der Waals surface area contributed by atoms with Crippen molar-refractivity contribution in [2.45, 2.75) is 38.3 Å². The number of hydrogen-bond donors (Lipinski definition) is 1. The van der Waals surface area contributed by atoms with Crippen LogP contribution in [0.3, 0.4) is 0 Å². The van der Waals surface area contributed by atoms with Crippen LogP contribution in [0.4, 0.5) is 0 Å². The van der Waals surface area contributed by atoms with Crippen LogP contribution in [0.1, 0.15) is 34.1 Å². The monoisotopic (exact) mass is 419 g/mol. The van der Waals surface area contributed by atoms with Crippen LogP contribution in [0.25, 0.3) is 10.4 Å². The average Bonchev–Trinajstić information content (AvgIpc) is 3.24. The molecule has 8 heteroatoms. The summed E-state index contributed by atoms with van der Waals surface area (Å²) in [6.07, 6.45) is 1.23. The van der Waals surface area contributed by atoms with E-state index in [-0.39, 0.29) is 11.5 Å². The minimum atomic E-state index is -3.08. The zero-order valence-corrected chi connectivity index (χ0v) is 17.1. The predicted octanol–water partition coefficient (Wildman–Crippen LogP) is 2.36. The van der Waals surface area contributed by atoms with Crippen LogP contribution in [0.2, 0.25) is 0 Å². The molecule has 1 fully saturated rings. The molecule has 2 atom stereocenters. The Morgan fingerprint density at radius 3 is 2.71 bits per heavy atom. The SMILES string of the molecule is C[C@H](OC(=O)c1cc2c(s1)-c1ccccc1CC2)C(=O)N[C@H]1CCS(=O)(=O)C1. The summed E-state index contributed by atoms with van der Waals surface area (Å²) in [5.41, 5.74) is 3.56. The fourth-order valence-corrected chi connectivity index (χ4v) is 6.50. The molecule has 1 saturated heterocycles. The Balaban J connectivity index is 1.42. The Morgan fingerprint density at radius 1 is 1.21 bits per heavy atom. The van der Waals surface area contributed by atoms with Crippen LogP contribution in [-0.2, 0) is 32.2 Å². The van der Waals surface area contributed by atoms with Crippen molar-refractivity contribution in [2.75, 3.05) is 11.5 Å².